The Hall–Kier alpha value is -2.06. The minimum atomic E-state index is -0.599. The van der Waals surface area contributed by atoms with Crippen molar-refractivity contribution in [2.24, 2.45) is 0 Å². The molecule has 20 heavy (non-hydrogen) atoms. The van der Waals surface area contributed by atoms with Crippen molar-refractivity contribution >= 4 is 15.9 Å². The molecule has 5 heteroatoms. The molecule has 0 heterocycles. The predicted molar refractivity (Wildman–Crippen MR) is 76.5 cm³/mol. The van der Waals surface area contributed by atoms with Gasteiger partial charge < -0.3 is 9.47 Å². The second kappa shape index (κ2) is 6.40. The minimum Gasteiger partial charge on any atom is -0.494 e. The first kappa shape index (κ1) is 14.4. The molecule has 3 nitrogen and oxygen atoms in total. The van der Waals surface area contributed by atoms with Gasteiger partial charge in [-0.25, -0.2) is 4.39 Å². The van der Waals surface area contributed by atoms with Crippen LogP contribution in [0.1, 0.15) is 12.5 Å². The standard InChI is InChI=1S/C15H11BrFNO2/c1-2-19-11-4-6-12(7-5-11)20-13-8-3-10(9-18)14(16)15(13)17/h3-8H,2H2,1H3. The van der Waals surface area contributed by atoms with Crippen LogP contribution >= 0.6 is 15.9 Å². The van der Waals surface area contributed by atoms with Gasteiger partial charge in [0.05, 0.1) is 16.6 Å². The van der Waals surface area contributed by atoms with Crippen molar-refractivity contribution in [3.8, 4) is 23.3 Å². The fraction of sp³-hybridized carbons (Fsp3) is 0.133. The van der Waals surface area contributed by atoms with Gasteiger partial charge in [-0.15, -0.1) is 0 Å². The topological polar surface area (TPSA) is 42.2 Å². The van der Waals surface area contributed by atoms with E-state index >= 15 is 0 Å². The molecule has 0 radical (unpaired) electrons. The highest BCUT2D eigenvalue weighted by Gasteiger charge is 2.12. The quantitative estimate of drug-likeness (QED) is 0.816. The molecule has 0 saturated carbocycles. The maximum absolute atomic E-state index is 14.0. The Bertz CT molecular complexity index is 650. The third-order valence-electron chi connectivity index (χ3n) is 2.53. The molecule has 2 aromatic carbocycles. The summed E-state index contributed by atoms with van der Waals surface area (Å²) in [6.07, 6.45) is 0. The van der Waals surface area contributed by atoms with Gasteiger partial charge in [0, 0.05) is 0 Å². The Morgan fingerprint density at radius 2 is 1.80 bits per heavy atom. The van der Waals surface area contributed by atoms with Gasteiger partial charge in [0.2, 0.25) is 0 Å². The van der Waals surface area contributed by atoms with Gasteiger partial charge >= 0.3 is 0 Å². The van der Waals surface area contributed by atoms with E-state index in [1.54, 1.807) is 24.3 Å². The fourth-order valence-electron chi connectivity index (χ4n) is 1.59. The van der Waals surface area contributed by atoms with E-state index in [9.17, 15) is 4.39 Å². The molecule has 2 rings (SSSR count). The van der Waals surface area contributed by atoms with Crippen LogP contribution in [0.5, 0.6) is 17.2 Å². The van der Waals surface area contributed by atoms with Gasteiger partial charge in [-0.2, -0.15) is 5.26 Å². The molecular formula is C15H11BrFNO2. The van der Waals surface area contributed by atoms with Gasteiger partial charge in [0.1, 0.15) is 17.6 Å². The Balaban J connectivity index is 2.22. The SMILES string of the molecule is CCOc1ccc(Oc2ccc(C#N)c(Br)c2F)cc1. The lowest BCUT2D eigenvalue weighted by Gasteiger charge is -2.09. The van der Waals surface area contributed by atoms with Crippen molar-refractivity contribution in [3.05, 3.63) is 52.3 Å². The zero-order valence-corrected chi connectivity index (χ0v) is 12.3. The van der Waals surface area contributed by atoms with Crippen LogP contribution in [0.4, 0.5) is 4.39 Å². The van der Waals surface area contributed by atoms with E-state index in [0.717, 1.165) is 5.75 Å². The van der Waals surface area contributed by atoms with Crippen LogP contribution in [0.15, 0.2) is 40.9 Å². The molecule has 102 valence electrons. The molecular weight excluding hydrogens is 325 g/mol. The zero-order chi connectivity index (χ0) is 14.5. The number of nitrogens with zero attached hydrogens (tertiary/aromatic N) is 1. The number of halogens is 2. The number of hydrogen-bond donors (Lipinski definition) is 0. The molecule has 0 atom stereocenters. The number of ether oxygens (including phenoxy) is 2. The summed E-state index contributed by atoms with van der Waals surface area (Å²) in [5.74, 6) is 0.670. The third kappa shape index (κ3) is 3.09. The smallest absolute Gasteiger partial charge is 0.181 e. The number of nitriles is 1. The van der Waals surface area contributed by atoms with E-state index in [0.29, 0.717) is 12.4 Å². The second-order valence-electron chi connectivity index (χ2n) is 3.86. The molecule has 0 fully saturated rings. The van der Waals surface area contributed by atoms with Gasteiger partial charge in [0.15, 0.2) is 11.6 Å². The van der Waals surface area contributed by atoms with Crippen molar-refractivity contribution < 1.29 is 13.9 Å². The molecule has 0 N–H and O–H groups in total. The highest BCUT2D eigenvalue weighted by molar-refractivity contribution is 9.10. The predicted octanol–water partition coefficient (Wildman–Crippen LogP) is 4.65. The van der Waals surface area contributed by atoms with Crippen molar-refractivity contribution in [2.45, 2.75) is 6.92 Å². The monoisotopic (exact) mass is 335 g/mol. The summed E-state index contributed by atoms with van der Waals surface area (Å²) >= 11 is 3.04. The minimum absolute atomic E-state index is 0.0556. The van der Waals surface area contributed by atoms with Crippen molar-refractivity contribution in [3.63, 3.8) is 0 Å². The average molecular weight is 336 g/mol. The van der Waals surface area contributed by atoms with Crippen molar-refractivity contribution in [1.82, 2.24) is 0 Å². The summed E-state index contributed by atoms with van der Waals surface area (Å²) in [5, 5.41) is 8.80. The summed E-state index contributed by atoms with van der Waals surface area (Å²) in [5.41, 5.74) is 0.224. The van der Waals surface area contributed by atoms with Gasteiger partial charge in [0.25, 0.3) is 0 Å². The van der Waals surface area contributed by atoms with E-state index in [2.05, 4.69) is 15.9 Å². The molecule has 0 aliphatic rings. The Labute approximate surface area is 124 Å². The Kier molecular flexibility index (Phi) is 4.59. The van der Waals surface area contributed by atoms with E-state index < -0.39 is 5.82 Å². The molecule has 0 amide bonds. The number of hydrogen-bond acceptors (Lipinski definition) is 3. The lowest BCUT2D eigenvalue weighted by molar-refractivity contribution is 0.339. The molecule has 0 spiro atoms. The lowest BCUT2D eigenvalue weighted by atomic mass is 10.2. The van der Waals surface area contributed by atoms with Gasteiger partial charge in [-0.3, -0.25) is 0 Å². The van der Waals surface area contributed by atoms with Crippen molar-refractivity contribution in [2.75, 3.05) is 6.61 Å². The van der Waals surface area contributed by atoms with Crippen LogP contribution in [-0.4, -0.2) is 6.61 Å². The summed E-state index contributed by atoms with van der Waals surface area (Å²) in [6.45, 7) is 2.48. The van der Waals surface area contributed by atoms with Crippen LogP contribution in [0.3, 0.4) is 0 Å². The summed E-state index contributed by atoms with van der Waals surface area (Å²) in [6, 6.07) is 11.7. The average Bonchev–Trinajstić information content (AvgIpc) is 2.46. The Morgan fingerprint density at radius 3 is 2.40 bits per heavy atom. The molecule has 0 unspecified atom stereocenters. The lowest BCUT2D eigenvalue weighted by Crippen LogP contribution is -1.93. The van der Waals surface area contributed by atoms with Gasteiger partial charge in [-0.05, 0) is 59.3 Å². The first-order chi connectivity index (χ1) is 9.65. The largest absolute Gasteiger partial charge is 0.494 e. The maximum Gasteiger partial charge on any atom is 0.181 e. The summed E-state index contributed by atoms with van der Waals surface area (Å²) in [4.78, 5) is 0. The Morgan fingerprint density at radius 1 is 1.15 bits per heavy atom. The molecule has 0 aliphatic heterocycles. The molecule has 0 aromatic heterocycles. The highest BCUT2D eigenvalue weighted by Crippen LogP contribution is 2.32. The summed E-state index contributed by atoms with van der Waals surface area (Å²) < 4.78 is 24.9. The summed E-state index contributed by atoms with van der Waals surface area (Å²) in [7, 11) is 0. The van der Waals surface area contributed by atoms with Crippen LogP contribution in [0.2, 0.25) is 0 Å². The highest BCUT2D eigenvalue weighted by atomic mass is 79.9. The van der Waals surface area contributed by atoms with Crippen molar-refractivity contribution in [1.29, 1.82) is 5.26 Å². The van der Waals surface area contributed by atoms with E-state index in [4.69, 9.17) is 14.7 Å². The molecule has 0 saturated heterocycles. The fourth-order valence-corrected chi connectivity index (χ4v) is 2.01. The normalized spacial score (nSPS) is 9.90. The molecule has 0 aliphatic carbocycles. The van der Waals surface area contributed by atoms with Crippen LogP contribution < -0.4 is 9.47 Å². The third-order valence-corrected chi connectivity index (χ3v) is 3.31. The van der Waals surface area contributed by atoms with E-state index in [1.165, 1.54) is 12.1 Å². The van der Waals surface area contributed by atoms with E-state index in [1.807, 2.05) is 13.0 Å². The first-order valence-electron chi connectivity index (χ1n) is 5.94. The maximum atomic E-state index is 14.0. The number of benzene rings is 2. The van der Waals surface area contributed by atoms with E-state index in [-0.39, 0.29) is 15.8 Å². The van der Waals surface area contributed by atoms with Gasteiger partial charge in [-0.1, -0.05) is 0 Å². The molecule has 0 bridgehead atoms. The van der Waals surface area contributed by atoms with Crippen LogP contribution in [0, 0.1) is 17.1 Å². The molecule has 2 aromatic rings. The second-order valence-corrected chi connectivity index (χ2v) is 4.65. The number of rotatable bonds is 4. The van der Waals surface area contributed by atoms with Crippen LogP contribution in [-0.2, 0) is 0 Å². The van der Waals surface area contributed by atoms with Crippen LogP contribution in [0.25, 0.3) is 0 Å². The zero-order valence-electron chi connectivity index (χ0n) is 10.7. The first-order valence-corrected chi connectivity index (χ1v) is 6.73.